The highest BCUT2D eigenvalue weighted by atomic mass is 35.5. The summed E-state index contributed by atoms with van der Waals surface area (Å²) in [6.45, 7) is 4.48. The Morgan fingerprint density at radius 3 is 2.10 bits per heavy atom. The standard InChI is InChI=1S/C24H24ClFN2O2S/c1-17(2)27-16-23(18-6-4-3-5-7-18)24(19-8-10-20(25)11-9-19)28(27)31(29,30)22-14-12-21(26)13-15-22/h3-15,17,23-24H,16H2,1-2H3. The maximum Gasteiger partial charge on any atom is 0.256 e. The van der Waals surface area contributed by atoms with Gasteiger partial charge >= 0.3 is 0 Å². The lowest BCUT2D eigenvalue weighted by Gasteiger charge is -2.34. The number of hydrazine groups is 1. The molecule has 2 unspecified atom stereocenters. The van der Waals surface area contributed by atoms with E-state index in [2.05, 4.69) is 0 Å². The molecule has 0 aliphatic carbocycles. The molecule has 0 spiro atoms. The van der Waals surface area contributed by atoms with Gasteiger partial charge in [0.05, 0.1) is 10.9 Å². The van der Waals surface area contributed by atoms with E-state index in [-0.39, 0.29) is 16.9 Å². The molecule has 1 fully saturated rings. The topological polar surface area (TPSA) is 40.6 Å². The lowest BCUT2D eigenvalue weighted by Crippen LogP contribution is -2.45. The van der Waals surface area contributed by atoms with Crippen LogP contribution >= 0.6 is 11.6 Å². The van der Waals surface area contributed by atoms with Crippen LogP contribution in [0.4, 0.5) is 4.39 Å². The molecule has 3 aromatic rings. The second-order valence-electron chi connectivity index (χ2n) is 7.96. The molecule has 1 aliphatic rings. The summed E-state index contributed by atoms with van der Waals surface area (Å²) in [5.41, 5.74) is 1.91. The monoisotopic (exact) mass is 458 g/mol. The molecule has 4 nitrogen and oxygen atoms in total. The first-order valence-electron chi connectivity index (χ1n) is 10.2. The van der Waals surface area contributed by atoms with Crippen molar-refractivity contribution in [2.24, 2.45) is 0 Å². The van der Waals surface area contributed by atoms with Gasteiger partial charge in [0.1, 0.15) is 5.82 Å². The molecule has 31 heavy (non-hydrogen) atoms. The predicted molar refractivity (Wildman–Crippen MR) is 121 cm³/mol. The third kappa shape index (κ3) is 4.26. The molecule has 0 radical (unpaired) electrons. The van der Waals surface area contributed by atoms with Gasteiger partial charge in [-0.2, -0.15) is 0 Å². The van der Waals surface area contributed by atoms with Crippen LogP contribution in [-0.2, 0) is 10.0 Å². The molecule has 3 aromatic carbocycles. The Labute approximate surface area is 187 Å². The van der Waals surface area contributed by atoms with Crippen molar-refractivity contribution in [3.8, 4) is 0 Å². The zero-order valence-corrected chi connectivity index (χ0v) is 18.9. The third-order valence-corrected chi connectivity index (χ3v) is 7.70. The maximum absolute atomic E-state index is 13.8. The average molecular weight is 459 g/mol. The van der Waals surface area contributed by atoms with Crippen molar-refractivity contribution in [1.29, 1.82) is 0 Å². The Morgan fingerprint density at radius 1 is 0.903 bits per heavy atom. The Balaban J connectivity index is 1.89. The molecule has 1 aliphatic heterocycles. The van der Waals surface area contributed by atoms with Crippen molar-refractivity contribution in [2.75, 3.05) is 6.54 Å². The third-order valence-electron chi connectivity index (χ3n) is 5.65. The lowest BCUT2D eigenvalue weighted by atomic mass is 9.88. The van der Waals surface area contributed by atoms with Crippen molar-refractivity contribution < 1.29 is 12.8 Å². The van der Waals surface area contributed by atoms with Crippen molar-refractivity contribution >= 4 is 21.6 Å². The van der Waals surface area contributed by atoms with Crippen LogP contribution in [0.25, 0.3) is 0 Å². The van der Waals surface area contributed by atoms with E-state index in [1.54, 1.807) is 12.1 Å². The molecule has 0 aromatic heterocycles. The van der Waals surface area contributed by atoms with E-state index in [4.69, 9.17) is 11.6 Å². The minimum absolute atomic E-state index is 0.0567. The zero-order valence-electron chi connectivity index (χ0n) is 17.3. The van der Waals surface area contributed by atoms with Gasteiger partial charge in [-0.05, 0) is 61.4 Å². The fourth-order valence-electron chi connectivity index (χ4n) is 4.14. The molecular formula is C24H24ClFN2O2S. The number of hydrogen-bond acceptors (Lipinski definition) is 3. The van der Waals surface area contributed by atoms with Crippen LogP contribution in [0.5, 0.6) is 0 Å². The molecule has 0 N–H and O–H groups in total. The second-order valence-corrected chi connectivity index (χ2v) is 10.2. The minimum Gasteiger partial charge on any atom is -0.224 e. The number of benzene rings is 3. The quantitative estimate of drug-likeness (QED) is 0.497. The zero-order chi connectivity index (χ0) is 22.2. The Kier molecular flexibility index (Phi) is 6.17. The van der Waals surface area contributed by atoms with Gasteiger partial charge in [-0.25, -0.2) is 17.8 Å². The van der Waals surface area contributed by atoms with Crippen molar-refractivity contribution in [1.82, 2.24) is 9.42 Å². The molecule has 1 heterocycles. The maximum atomic E-state index is 13.8. The number of nitrogens with zero attached hydrogens (tertiary/aromatic N) is 2. The van der Waals surface area contributed by atoms with E-state index in [0.29, 0.717) is 11.6 Å². The van der Waals surface area contributed by atoms with Gasteiger partial charge in [-0.1, -0.05) is 54.1 Å². The van der Waals surface area contributed by atoms with E-state index >= 15 is 0 Å². The molecule has 2 atom stereocenters. The van der Waals surface area contributed by atoms with E-state index in [9.17, 15) is 12.8 Å². The van der Waals surface area contributed by atoms with E-state index < -0.39 is 21.9 Å². The van der Waals surface area contributed by atoms with E-state index in [1.165, 1.54) is 28.7 Å². The number of hydrogen-bond donors (Lipinski definition) is 0. The average Bonchev–Trinajstić information content (AvgIpc) is 3.17. The molecule has 7 heteroatoms. The van der Waals surface area contributed by atoms with E-state index in [0.717, 1.165) is 11.1 Å². The smallest absolute Gasteiger partial charge is 0.224 e. The van der Waals surface area contributed by atoms with Gasteiger partial charge in [0.15, 0.2) is 0 Å². The van der Waals surface area contributed by atoms with Gasteiger partial charge < -0.3 is 0 Å². The van der Waals surface area contributed by atoms with Crippen LogP contribution in [0.15, 0.2) is 83.8 Å². The summed E-state index contributed by atoms with van der Waals surface area (Å²) in [6, 6.07) is 21.7. The van der Waals surface area contributed by atoms with Gasteiger partial charge in [0.25, 0.3) is 10.0 Å². The highest BCUT2D eigenvalue weighted by Gasteiger charge is 2.48. The number of halogens is 2. The van der Waals surface area contributed by atoms with Gasteiger partial charge in [-0.15, -0.1) is 4.41 Å². The predicted octanol–water partition coefficient (Wildman–Crippen LogP) is 5.63. The molecule has 0 bridgehead atoms. The SMILES string of the molecule is CC(C)N1CC(c2ccccc2)C(c2ccc(Cl)cc2)N1S(=O)(=O)c1ccc(F)cc1. The molecule has 162 valence electrons. The van der Waals surface area contributed by atoms with Crippen LogP contribution in [0.1, 0.15) is 36.9 Å². The summed E-state index contributed by atoms with van der Waals surface area (Å²) in [5.74, 6) is -0.558. The molecule has 4 rings (SSSR count). The van der Waals surface area contributed by atoms with Gasteiger partial charge in [0.2, 0.25) is 0 Å². The largest absolute Gasteiger partial charge is 0.256 e. The van der Waals surface area contributed by atoms with Crippen LogP contribution in [0.3, 0.4) is 0 Å². The normalized spacial score (nSPS) is 20.4. The van der Waals surface area contributed by atoms with Crippen molar-refractivity contribution in [3.63, 3.8) is 0 Å². The fraction of sp³-hybridized carbons (Fsp3) is 0.250. The number of sulfonamides is 1. The Morgan fingerprint density at radius 2 is 1.52 bits per heavy atom. The first-order chi connectivity index (χ1) is 14.8. The second kappa shape index (κ2) is 8.71. The van der Waals surface area contributed by atoms with Crippen molar-refractivity contribution in [2.45, 2.75) is 36.7 Å². The lowest BCUT2D eigenvalue weighted by molar-refractivity contribution is 0.0569. The summed E-state index contributed by atoms with van der Waals surface area (Å²) < 4.78 is 42.6. The fourth-order valence-corrected chi connectivity index (χ4v) is 6.06. The Hall–Kier alpha value is -2.25. The highest BCUT2D eigenvalue weighted by molar-refractivity contribution is 7.89. The summed E-state index contributed by atoms with van der Waals surface area (Å²) >= 11 is 6.11. The van der Waals surface area contributed by atoms with Crippen molar-refractivity contribution in [3.05, 3.63) is 101 Å². The molecule has 1 saturated heterocycles. The molecular weight excluding hydrogens is 435 g/mol. The van der Waals surface area contributed by atoms with Crippen LogP contribution in [0.2, 0.25) is 5.02 Å². The first-order valence-corrected chi connectivity index (χ1v) is 12.0. The van der Waals surface area contributed by atoms with Crippen LogP contribution < -0.4 is 0 Å². The minimum atomic E-state index is -3.94. The molecule has 0 saturated carbocycles. The first kappa shape index (κ1) is 22.0. The Bertz CT molecular complexity index is 1140. The van der Waals surface area contributed by atoms with Crippen LogP contribution in [-0.4, -0.2) is 30.4 Å². The summed E-state index contributed by atoms with van der Waals surface area (Å²) in [5, 5.41) is 2.47. The molecule has 0 amide bonds. The van der Waals surface area contributed by atoms with Gasteiger partial charge in [-0.3, -0.25) is 0 Å². The van der Waals surface area contributed by atoms with E-state index in [1.807, 2.05) is 61.3 Å². The van der Waals surface area contributed by atoms with Crippen LogP contribution in [0, 0.1) is 5.82 Å². The summed E-state index contributed by atoms with van der Waals surface area (Å²) in [4.78, 5) is 0.0622. The highest BCUT2D eigenvalue weighted by Crippen LogP contribution is 2.46. The summed E-state index contributed by atoms with van der Waals surface area (Å²) in [6.07, 6.45) is 0. The summed E-state index contributed by atoms with van der Waals surface area (Å²) in [7, 11) is -3.94. The van der Waals surface area contributed by atoms with Gasteiger partial charge in [0, 0.05) is 23.5 Å². The number of rotatable bonds is 5.